The van der Waals surface area contributed by atoms with Crippen molar-refractivity contribution in [2.45, 2.75) is 19.3 Å². The van der Waals surface area contributed by atoms with Crippen LogP contribution >= 0.6 is 0 Å². The average molecular weight is 232 g/mol. The fourth-order valence-electron chi connectivity index (χ4n) is 1.64. The number of para-hydroxylation sites is 1. The molecule has 0 aliphatic heterocycles. The highest BCUT2D eigenvalue weighted by atomic mass is 16.4. The van der Waals surface area contributed by atoms with E-state index in [-0.39, 0.29) is 18.6 Å². The Balaban J connectivity index is 2.06. The van der Waals surface area contributed by atoms with Crippen molar-refractivity contribution in [1.82, 2.24) is 0 Å². The maximum atomic E-state index is 11.7. The second-order valence-corrected chi connectivity index (χ2v) is 3.82. The van der Waals surface area contributed by atoms with E-state index in [2.05, 4.69) is 0 Å². The summed E-state index contributed by atoms with van der Waals surface area (Å²) in [5.41, 5.74) is 0.675. The first-order valence-electron chi connectivity index (χ1n) is 5.40. The summed E-state index contributed by atoms with van der Waals surface area (Å²) in [6.45, 7) is 0. The summed E-state index contributed by atoms with van der Waals surface area (Å²) in [5, 5.41) is 9.36. The van der Waals surface area contributed by atoms with Crippen LogP contribution in [0.25, 0.3) is 11.0 Å². The van der Waals surface area contributed by atoms with Crippen molar-refractivity contribution >= 4 is 22.7 Å². The van der Waals surface area contributed by atoms with Gasteiger partial charge < -0.3 is 9.52 Å². The average Bonchev–Trinajstić information content (AvgIpc) is 2.71. The molecule has 1 aromatic carbocycles. The fraction of sp³-hybridized carbons (Fsp3) is 0.231. The third kappa shape index (κ3) is 2.72. The molecule has 88 valence electrons. The lowest BCUT2D eigenvalue weighted by atomic mass is 10.1. The Morgan fingerprint density at radius 2 is 1.94 bits per heavy atom. The van der Waals surface area contributed by atoms with Gasteiger partial charge >= 0.3 is 5.97 Å². The minimum atomic E-state index is -0.887. The third-order valence-electron chi connectivity index (χ3n) is 2.49. The number of ketones is 1. The number of rotatable bonds is 5. The van der Waals surface area contributed by atoms with Crippen LogP contribution in [0.4, 0.5) is 0 Å². The largest absolute Gasteiger partial charge is 0.481 e. The van der Waals surface area contributed by atoms with Gasteiger partial charge in [0.1, 0.15) is 5.58 Å². The zero-order valence-corrected chi connectivity index (χ0v) is 9.18. The number of hydrogen-bond donors (Lipinski definition) is 1. The second-order valence-electron chi connectivity index (χ2n) is 3.82. The van der Waals surface area contributed by atoms with E-state index in [9.17, 15) is 9.59 Å². The molecule has 2 aromatic rings. The first-order chi connectivity index (χ1) is 8.16. The molecule has 0 saturated carbocycles. The second kappa shape index (κ2) is 4.82. The highest BCUT2D eigenvalue weighted by Gasteiger charge is 2.12. The molecule has 0 spiro atoms. The fourth-order valence-corrected chi connectivity index (χ4v) is 1.64. The molecule has 0 radical (unpaired) electrons. The van der Waals surface area contributed by atoms with Crippen molar-refractivity contribution in [2.75, 3.05) is 0 Å². The molecule has 17 heavy (non-hydrogen) atoms. The standard InChI is InChI=1S/C13H12O4/c14-10(5-3-7-13(15)16)12-8-9-4-1-2-6-11(9)17-12/h1-2,4,6,8H,3,5,7H2,(H,15,16). The zero-order chi connectivity index (χ0) is 12.3. The summed E-state index contributed by atoms with van der Waals surface area (Å²) in [7, 11) is 0. The van der Waals surface area contributed by atoms with Gasteiger partial charge in [-0.05, 0) is 18.6 Å². The molecular weight excluding hydrogens is 220 g/mol. The van der Waals surface area contributed by atoms with Gasteiger partial charge in [0.05, 0.1) is 0 Å². The lowest BCUT2D eigenvalue weighted by Crippen LogP contribution is -2.00. The lowest BCUT2D eigenvalue weighted by Gasteiger charge is -1.94. The number of carboxylic acids is 1. The Morgan fingerprint density at radius 1 is 1.18 bits per heavy atom. The van der Waals surface area contributed by atoms with Crippen LogP contribution in [-0.2, 0) is 4.79 Å². The van der Waals surface area contributed by atoms with Gasteiger partial charge in [0.15, 0.2) is 11.5 Å². The van der Waals surface area contributed by atoms with E-state index in [1.165, 1.54) is 0 Å². The van der Waals surface area contributed by atoms with Crippen LogP contribution in [0.3, 0.4) is 0 Å². The molecule has 2 rings (SSSR count). The van der Waals surface area contributed by atoms with Crippen molar-refractivity contribution in [1.29, 1.82) is 0 Å². The van der Waals surface area contributed by atoms with E-state index in [1.807, 2.05) is 18.2 Å². The predicted octanol–water partition coefficient (Wildman–Crippen LogP) is 2.87. The lowest BCUT2D eigenvalue weighted by molar-refractivity contribution is -0.137. The molecular formula is C13H12O4. The van der Waals surface area contributed by atoms with E-state index in [0.717, 1.165) is 5.39 Å². The number of carbonyl (C=O) groups excluding carboxylic acids is 1. The Labute approximate surface area is 97.8 Å². The highest BCUT2D eigenvalue weighted by molar-refractivity contribution is 5.97. The van der Waals surface area contributed by atoms with Crippen LogP contribution in [0, 0.1) is 0 Å². The van der Waals surface area contributed by atoms with Crippen molar-refractivity contribution in [3.63, 3.8) is 0 Å². The maximum Gasteiger partial charge on any atom is 0.303 e. The summed E-state index contributed by atoms with van der Waals surface area (Å²) in [6.07, 6.45) is 0.545. The van der Waals surface area contributed by atoms with Crippen molar-refractivity contribution < 1.29 is 19.1 Å². The van der Waals surface area contributed by atoms with E-state index in [0.29, 0.717) is 17.8 Å². The van der Waals surface area contributed by atoms with Gasteiger partial charge in [-0.15, -0.1) is 0 Å². The smallest absolute Gasteiger partial charge is 0.303 e. The molecule has 4 heteroatoms. The number of carbonyl (C=O) groups is 2. The summed E-state index contributed by atoms with van der Waals surface area (Å²) < 4.78 is 5.39. The number of fused-ring (bicyclic) bond motifs is 1. The van der Waals surface area contributed by atoms with Crippen LogP contribution in [0.5, 0.6) is 0 Å². The van der Waals surface area contributed by atoms with Crippen molar-refractivity contribution in [3.05, 3.63) is 36.1 Å². The molecule has 1 heterocycles. The first kappa shape index (κ1) is 11.4. The Hall–Kier alpha value is -2.10. The number of furan rings is 1. The number of hydrogen-bond acceptors (Lipinski definition) is 3. The molecule has 1 N–H and O–H groups in total. The van der Waals surface area contributed by atoms with E-state index >= 15 is 0 Å². The first-order valence-corrected chi connectivity index (χ1v) is 5.40. The van der Waals surface area contributed by atoms with Gasteiger partial charge in [-0.25, -0.2) is 0 Å². The minimum absolute atomic E-state index is 0.00592. The van der Waals surface area contributed by atoms with E-state index < -0.39 is 5.97 Å². The SMILES string of the molecule is O=C(O)CCCC(=O)c1cc2ccccc2o1. The summed E-state index contributed by atoms with van der Waals surface area (Å²) in [5.74, 6) is -0.735. The molecule has 0 aliphatic rings. The number of benzene rings is 1. The van der Waals surface area contributed by atoms with Gasteiger partial charge in [-0.1, -0.05) is 18.2 Å². The van der Waals surface area contributed by atoms with Crippen molar-refractivity contribution in [3.8, 4) is 0 Å². The summed E-state index contributed by atoms with van der Waals surface area (Å²) in [4.78, 5) is 22.0. The quantitative estimate of drug-likeness (QED) is 0.805. The van der Waals surface area contributed by atoms with E-state index in [4.69, 9.17) is 9.52 Å². The van der Waals surface area contributed by atoms with Gasteiger partial charge in [0, 0.05) is 18.2 Å². The van der Waals surface area contributed by atoms with Gasteiger partial charge in [-0.3, -0.25) is 9.59 Å². The predicted molar refractivity (Wildman–Crippen MR) is 62.0 cm³/mol. The van der Waals surface area contributed by atoms with Crippen LogP contribution in [0.1, 0.15) is 29.8 Å². The molecule has 0 aliphatic carbocycles. The van der Waals surface area contributed by atoms with Gasteiger partial charge in [-0.2, -0.15) is 0 Å². The molecule has 0 bridgehead atoms. The molecule has 1 aromatic heterocycles. The molecule has 4 nitrogen and oxygen atoms in total. The van der Waals surface area contributed by atoms with Gasteiger partial charge in [0.2, 0.25) is 0 Å². The maximum absolute atomic E-state index is 11.7. The van der Waals surface area contributed by atoms with Crippen LogP contribution < -0.4 is 0 Å². The van der Waals surface area contributed by atoms with Crippen LogP contribution in [0.15, 0.2) is 34.7 Å². The number of aliphatic carboxylic acids is 1. The molecule has 0 atom stereocenters. The molecule has 0 fully saturated rings. The molecule has 0 amide bonds. The Kier molecular flexibility index (Phi) is 3.23. The van der Waals surface area contributed by atoms with E-state index in [1.54, 1.807) is 12.1 Å². The normalized spacial score (nSPS) is 10.6. The number of carboxylic acid groups (broad SMARTS) is 1. The monoisotopic (exact) mass is 232 g/mol. The van der Waals surface area contributed by atoms with Crippen LogP contribution in [0.2, 0.25) is 0 Å². The summed E-state index contributed by atoms with van der Waals surface area (Å²) >= 11 is 0. The minimum Gasteiger partial charge on any atom is -0.481 e. The highest BCUT2D eigenvalue weighted by Crippen LogP contribution is 2.20. The number of Topliss-reactive ketones (excluding diaryl/α,β-unsaturated/α-hetero) is 1. The van der Waals surface area contributed by atoms with Crippen LogP contribution in [-0.4, -0.2) is 16.9 Å². The molecule has 0 unspecified atom stereocenters. The Morgan fingerprint density at radius 3 is 2.65 bits per heavy atom. The molecule has 0 saturated heterocycles. The Bertz CT molecular complexity index is 520. The van der Waals surface area contributed by atoms with Gasteiger partial charge in [0.25, 0.3) is 0 Å². The summed E-state index contributed by atoms with van der Waals surface area (Å²) in [6, 6.07) is 9.07. The topological polar surface area (TPSA) is 67.5 Å². The van der Waals surface area contributed by atoms with Crippen molar-refractivity contribution in [2.24, 2.45) is 0 Å². The third-order valence-corrected chi connectivity index (χ3v) is 2.49. The zero-order valence-electron chi connectivity index (χ0n) is 9.18.